The molecule has 1 unspecified atom stereocenters. The van der Waals surface area contributed by atoms with E-state index in [1.807, 2.05) is 11.5 Å². The number of nitrogens with two attached hydrogens (primary N) is 1. The largest absolute Gasteiger partial charge is 0.484 e. The number of imidazole rings is 1. The lowest BCUT2D eigenvalue weighted by molar-refractivity contribution is -0.121. The van der Waals surface area contributed by atoms with Gasteiger partial charge in [-0.1, -0.05) is 31.7 Å². The Morgan fingerprint density at radius 3 is 2.59 bits per heavy atom. The van der Waals surface area contributed by atoms with Crippen molar-refractivity contribution in [2.24, 2.45) is 11.7 Å². The molecule has 2 heterocycles. The summed E-state index contributed by atoms with van der Waals surface area (Å²) in [5, 5.41) is 0. The zero-order valence-electron chi connectivity index (χ0n) is 22.3. The fraction of sp³-hybridized carbons (Fsp3) is 0.233. The molecule has 1 amide bonds. The summed E-state index contributed by atoms with van der Waals surface area (Å²) in [5.41, 5.74) is 6.59. The number of allylic oxidation sites excluding steroid dienone is 8. The molecule has 0 fully saturated rings. The zero-order chi connectivity index (χ0) is 29.9. The molecule has 1 aromatic rings. The Balaban J connectivity index is 1.60. The first kappa shape index (κ1) is 29.4. The molecule has 1 atom stereocenters. The maximum Gasteiger partial charge on any atom is 0.416 e. The lowest BCUT2D eigenvalue weighted by atomic mass is 9.84. The van der Waals surface area contributed by atoms with Crippen LogP contribution in [-0.2, 0) is 16.1 Å². The van der Waals surface area contributed by atoms with E-state index in [0.29, 0.717) is 29.9 Å². The summed E-state index contributed by atoms with van der Waals surface area (Å²) < 4.78 is 76.7. The molecule has 1 aromatic carbocycles. The summed E-state index contributed by atoms with van der Waals surface area (Å²) in [6, 6.07) is 5.52. The summed E-state index contributed by atoms with van der Waals surface area (Å²) in [7, 11) is 0. The first-order valence-corrected chi connectivity index (χ1v) is 12.6. The zero-order valence-corrected chi connectivity index (χ0v) is 22.3. The molecule has 0 spiro atoms. The van der Waals surface area contributed by atoms with Gasteiger partial charge in [0, 0.05) is 18.9 Å². The van der Waals surface area contributed by atoms with E-state index in [2.05, 4.69) is 16.5 Å². The molecule has 0 saturated carbocycles. The van der Waals surface area contributed by atoms with E-state index in [-0.39, 0.29) is 28.6 Å². The molecule has 1 aliphatic carbocycles. The third-order valence-electron chi connectivity index (χ3n) is 6.70. The minimum absolute atomic E-state index is 0.0277. The van der Waals surface area contributed by atoms with Crippen LogP contribution in [0.1, 0.15) is 20.3 Å². The Morgan fingerprint density at radius 1 is 1.20 bits per heavy atom. The second kappa shape index (κ2) is 11.9. The molecule has 4 rings (SSSR count). The van der Waals surface area contributed by atoms with Crippen molar-refractivity contribution in [1.82, 2.24) is 14.5 Å². The van der Waals surface area contributed by atoms with E-state index in [4.69, 9.17) is 10.5 Å². The van der Waals surface area contributed by atoms with Gasteiger partial charge < -0.3 is 15.0 Å². The van der Waals surface area contributed by atoms with E-state index in [1.165, 1.54) is 19.1 Å². The molecule has 41 heavy (non-hydrogen) atoms. The van der Waals surface area contributed by atoms with Gasteiger partial charge in [0.25, 0.3) is 5.91 Å². The number of halogens is 5. The smallest absolute Gasteiger partial charge is 0.416 e. The van der Waals surface area contributed by atoms with Crippen LogP contribution in [0, 0.1) is 17.6 Å². The maximum absolute atomic E-state index is 14.2. The Bertz CT molecular complexity index is 1580. The van der Waals surface area contributed by atoms with E-state index in [9.17, 15) is 26.7 Å². The van der Waals surface area contributed by atoms with Crippen LogP contribution in [0.2, 0.25) is 0 Å². The van der Waals surface area contributed by atoms with Crippen molar-refractivity contribution < 1.29 is 31.5 Å². The molecule has 3 aliphatic rings. The monoisotopic (exact) mass is 570 g/mol. The highest BCUT2D eigenvalue weighted by atomic mass is 19.4. The topological polar surface area (TPSA) is 83.0 Å². The standard InChI is InChI=1S/C30H27F5N4O2/c1-4-21(41-16-27(36)40)13-23(30(33,34)35)18(3)19-8-9-20(17(2)12-19)14-39-11-10-25-26(15-39)38-29(37-25)22-6-5-7-24(31)28(22)32/h4-11,13,15,17H,1,12,14,16H2,2-3H3,(H2,36,40)/b21-13+,23-18-. The van der Waals surface area contributed by atoms with Crippen LogP contribution in [0.5, 0.6) is 0 Å². The van der Waals surface area contributed by atoms with Crippen LogP contribution in [0.4, 0.5) is 22.0 Å². The molecule has 0 saturated heterocycles. The first-order chi connectivity index (χ1) is 19.4. The second-order valence-electron chi connectivity index (χ2n) is 9.62. The first-order valence-electron chi connectivity index (χ1n) is 12.6. The Hall–Kier alpha value is -4.54. The normalized spacial score (nSPS) is 16.7. The molecule has 11 heteroatoms. The number of amides is 1. The minimum atomic E-state index is -4.68. The molecule has 2 N–H and O–H groups in total. The number of hydrogen-bond donors (Lipinski definition) is 1. The highest BCUT2D eigenvalue weighted by Gasteiger charge is 2.35. The molecule has 6 nitrogen and oxygen atoms in total. The van der Waals surface area contributed by atoms with Gasteiger partial charge in [-0.15, -0.1) is 0 Å². The average molecular weight is 571 g/mol. The highest BCUT2D eigenvalue weighted by Crippen LogP contribution is 2.37. The van der Waals surface area contributed by atoms with Gasteiger partial charge in [0.1, 0.15) is 11.5 Å². The van der Waals surface area contributed by atoms with Gasteiger partial charge in [0.2, 0.25) is 0 Å². The fourth-order valence-electron chi connectivity index (χ4n) is 4.48. The second-order valence-corrected chi connectivity index (χ2v) is 9.62. The van der Waals surface area contributed by atoms with Crippen LogP contribution in [0.15, 0.2) is 95.6 Å². The SMILES string of the molecule is C=C/C(=C\C(=C(/C)C1=CC=C(Cn2ccc3nc(-c4cccc(F)c4F)nc-3c2)C(C)C1)C(F)(F)F)OCC(N)=O. The number of ether oxygens (including phenoxy) is 1. The van der Waals surface area contributed by atoms with Crippen molar-refractivity contribution in [3.63, 3.8) is 0 Å². The molecule has 0 aromatic heterocycles. The summed E-state index contributed by atoms with van der Waals surface area (Å²) >= 11 is 0. The Morgan fingerprint density at radius 2 is 1.93 bits per heavy atom. The third-order valence-corrected chi connectivity index (χ3v) is 6.70. The van der Waals surface area contributed by atoms with Crippen LogP contribution < -0.4 is 5.73 Å². The quantitative estimate of drug-likeness (QED) is 0.177. The number of pyridine rings is 1. The van der Waals surface area contributed by atoms with Gasteiger partial charge in [-0.3, -0.25) is 4.79 Å². The van der Waals surface area contributed by atoms with Crippen molar-refractivity contribution >= 4 is 5.91 Å². The number of fused-ring (bicyclic) bond motifs is 1. The lowest BCUT2D eigenvalue weighted by Crippen LogP contribution is -2.19. The summed E-state index contributed by atoms with van der Waals surface area (Å²) in [5.74, 6) is -3.06. The summed E-state index contributed by atoms with van der Waals surface area (Å²) in [4.78, 5) is 19.6. The van der Waals surface area contributed by atoms with Crippen molar-refractivity contribution in [1.29, 1.82) is 0 Å². The highest BCUT2D eigenvalue weighted by molar-refractivity contribution is 5.75. The lowest BCUT2D eigenvalue weighted by Gasteiger charge is -2.25. The maximum atomic E-state index is 14.2. The number of aromatic nitrogens is 3. The van der Waals surface area contributed by atoms with Crippen molar-refractivity contribution in [3.8, 4) is 22.8 Å². The Labute approximate surface area is 233 Å². The van der Waals surface area contributed by atoms with E-state index in [0.717, 1.165) is 23.8 Å². The predicted octanol–water partition coefficient (Wildman–Crippen LogP) is 6.67. The number of hydrogen-bond acceptors (Lipinski definition) is 4. The van der Waals surface area contributed by atoms with E-state index >= 15 is 0 Å². The molecule has 0 radical (unpaired) electrons. The average Bonchev–Trinajstić information content (AvgIpc) is 3.33. The number of primary amides is 1. The summed E-state index contributed by atoms with van der Waals surface area (Å²) in [6.07, 6.45) is 4.54. The minimum Gasteiger partial charge on any atom is -0.484 e. The van der Waals surface area contributed by atoms with Gasteiger partial charge in [-0.05, 0) is 66.3 Å². The van der Waals surface area contributed by atoms with Crippen LogP contribution in [-0.4, -0.2) is 33.2 Å². The van der Waals surface area contributed by atoms with Crippen molar-refractivity contribution in [3.05, 3.63) is 107 Å². The van der Waals surface area contributed by atoms with Crippen LogP contribution in [0.3, 0.4) is 0 Å². The van der Waals surface area contributed by atoms with E-state index < -0.39 is 35.9 Å². The van der Waals surface area contributed by atoms with Crippen molar-refractivity contribution in [2.45, 2.75) is 33.0 Å². The van der Waals surface area contributed by atoms with Gasteiger partial charge in [-0.25, -0.2) is 18.7 Å². The number of alkyl halides is 3. The third kappa shape index (κ3) is 6.79. The molecule has 2 aliphatic heterocycles. The number of carbonyl (C=O) groups is 1. The predicted molar refractivity (Wildman–Crippen MR) is 144 cm³/mol. The van der Waals surface area contributed by atoms with Gasteiger partial charge in [-0.2, -0.15) is 13.2 Å². The van der Waals surface area contributed by atoms with Crippen LogP contribution >= 0.6 is 0 Å². The molecular weight excluding hydrogens is 543 g/mol. The number of benzene rings is 1. The Kier molecular flexibility index (Phi) is 8.55. The summed E-state index contributed by atoms with van der Waals surface area (Å²) in [6.45, 7) is 6.63. The number of carbonyl (C=O) groups excluding carboxylic acids is 1. The number of rotatable bonds is 9. The van der Waals surface area contributed by atoms with Crippen molar-refractivity contribution in [2.75, 3.05) is 6.61 Å². The van der Waals surface area contributed by atoms with Gasteiger partial charge in [0.05, 0.1) is 16.8 Å². The molecule has 0 bridgehead atoms. The van der Waals surface area contributed by atoms with Crippen LogP contribution in [0.25, 0.3) is 22.8 Å². The molecular formula is C30H27F5N4O2. The van der Waals surface area contributed by atoms with Gasteiger partial charge in [0.15, 0.2) is 24.1 Å². The number of nitrogens with zero attached hydrogens (tertiary/aromatic N) is 3. The van der Waals surface area contributed by atoms with E-state index in [1.54, 1.807) is 30.6 Å². The molecule has 214 valence electrons. The fourth-order valence-corrected chi connectivity index (χ4v) is 4.48. The van der Waals surface area contributed by atoms with Gasteiger partial charge >= 0.3 is 6.18 Å².